The molecule has 1 aromatic rings. The van der Waals surface area contributed by atoms with Gasteiger partial charge >= 0.3 is 0 Å². The number of ether oxygens (including phenoxy) is 2. The molecule has 1 aliphatic rings. The van der Waals surface area contributed by atoms with Gasteiger partial charge in [-0.15, -0.1) is 0 Å². The Labute approximate surface area is 177 Å². The zero-order valence-corrected chi connectivity index (χ0v) is 19.7. The molecule has 0 aliphatic carbocycles. The van der Waals surface area contributed by atoms with Gasteiger partial charge in [-0.25, -0.2) is 0 Å². The van der Waals surface area contributed by atoms with Crippen molar-refractivity contribution in [2.75, 3.05) is 27.2 Å². The summed E-state index contributed by atoms with van der Waals surface area (Å²) in [6.45, 7) is 15.7. The molecule has 4 nitrogen and oxygen atoms in total. The molecule has 5 heteroatoms. The Bertz CT molecular complexity index is 702. The van der Waals surface area contributed by atoms with Gasteiger partial charge in [0.1, 0.15) is 17.5 Å². The molecule has 2 rings (SSSR count). The van der Waals surface area contributed by atoms with E-state index in [1.807, 2.05) is 0 Å². The van der Waals surface area contributed by atoms with E-state index in [1.54, 1.807) is 0 Å². The topological polar surface area (TPSA) is 35.5 Å². The number of carbonyl (C=O) groups excluding carboxylic acids is 1. The lowest BCUT2D eigenvalue weighted by atomic mass is 9.82. The van der Waals surface area contributed by atoms with E-state index in [1.165, 1.54) is 40.7 Å². The molecule has 2 atom stereocenters. The summed E-state index contributed by atoms with van der Waals surface area (Å²) in [5.41, 5.74) is 5.76. The summed E-state index contributed by atoms with van der Waals surface area (Å²) in [4.78, 5) is 11.2. The van der Waals surface area contributed by atoms with Crippen molar-refractivity contribution in [2.45, 2.75) is 78.9 Å². The van der Waals surface area contributed by atoms with Gasteiger partial charge in [-0.05, 0) is 63.3 Å². The van der Waals surface area contributed by atoms with Crippen LogP contribution in [0, 0.1) is 27.7 Å². The van der Waals surface area contributed by atoms with Crippen molar-refractivity contribution in [1.29, 1.82) is 0 Å². The maximum Gasteiger partial charge on any atom is 0.293 e. The second-order valence-corrected chi connectivity index (χ2v) is 9.13. The van der Waals surface area contributed by atoms with Crippen molar-refractivity contribution in [2.24, 2.45) is 0 Å². The second-order valence-electron chi connectivity index (χ2n) is 9.13. The van der Waals surface area contributed by atoms with Crippen molar-refractivity contribution in [1.82, 2.24) is 0 Å². The molecule has 0 aromatic heterocycles. The van der Waals surface area contributed by atoms with Gasteiger partial charge in [0.15, 0.2) is 0 Å². The first-order chi connectivity index (χ1) is 12.6. The van der Waals surface area contributed by atoms with E-state index < -0.39 is 5.60 Å². The zero-order valence-electron chi connectivity index (χ0n) is 18.9. The van der Waals surface area contributed by atoms with Crippen LogP contribution in [0.15, 0.2) is 0 Å². The first kappa shape index (κ1) is 24.8. The highest BCUT2D eigenvalue weighted by atomic mass is 35.5. The van der Waals surface area contributed by atoms with Crippen molar-refractivity contribution in [3.63, 3.8) is 0 Å². The fourth-order valence-electron chi connectivity index (χ4n) is 4.13. The van der Waals surface area contributed by atoms with Gasteiger partial charge in [-0.3, -0.25) is 4.79 Å². The molecule has 0 saturated heterocycles. The van der Waals surface area contributed by atoms with E-state index in [4.69, 9.17) is 9.47 Å². The number of carbonyl (C=O) groups is 1. The summed E-state index contributed by atoms with van der Waals surface area (Å²) in [6.07, 6.45) is 3.75. The van der Waals surface area contributed by atoms with E-state index in [9.17, 15) is 4.79 Å². The molecule has 0 fully saturated rings. The lowest BCUT2D eigenvalue weighted by Crippen LogP contribution is -3.00. The number of unbranched alkanes of at least 4 members (excludes halogenated alkanes) is 1. The fourth-order valence-corrected chi connectivity index (χ4v) is 4.13. The van der Waals surface area contributed by atoms with E-state index in [2.05, 4.69) is 55.6 Å². The van der Waals surface area contributed by atoms with Gasteiger partial charge in [-0.2, -0.15) is 0 Å². The van der Waals surface area contributed by atoms with Gasteiger partial charge in [-0.1, -0.05) is 13.3 Å². The van der Waals surface area contributed by atoms with Crippen LogP contribution >= 0.6 is 0 Å². The van der Waals surface area contributed by atoms with Crippen molar-refractivity contribution < 1.29 is 31.2 Å². The fraction of sp³-hybridized carbons (Fsp3) is 0.696. The highest BCUT2D eigenvalue weighted by Crippen LogP contribution is 2.43. The third-order valence-corrected chi connectivity index (χ3v) is 6.71. The van der Waals surface area contributed by atoms with Crippen LogP contribution in [0.2, 0.25) is 0 Å². The molecule has 1 aromatic carbocycles. The maximum absolute atomic E-state index is 11.2. The summed E-state index contributed by atoms with van der Waals surface area (Å²) >= 11 is 0. The summed E-state index contributed by atoms with van der Waals surface area (Å²) in [5, 5.41) is 0. The summed E-state index contributed by atoms with van der Waals surface area (Å²) in [7, 11) is 4.54. The molecule has 160 valence electrons. The van der Waals surface area contributed by atoms with Gasteiger partial charge in [0.05, 0.1) is 27.2 Å². The lowest BCUT2D eigenvalue weighted by molar-refractivity contribution is -0.891. The molecule has 0 radical (unpaired) electrons. The number of benzene rings is 1. The Morgan fingerprint density at radius 3 is 2.29 bits per heavy atom. The number of hydrogen-bond acceptors (Lipinski definition) is 3. The Kier molecular flexibility index (Phi) is 8.40. The number of hydrogen-bond donors (Lipinski definition) is 0. The number of fused-ring (bicyclic) bond motifs is 1. The van der Waals surface area contributed by atoms with Crippen LogP contribution in [0.25, 0.3) is 0 Å². The molecule has 0 amide bonds. The number of nitrogens with zero attached hydrogens (tertiary/aromatic N) is 1. The quantitative estimate of drug-likeness (QED) is 0.479. The molecule has 28 heavy (non-hydrogen) atoms. The average molecular weight is 412 g/mol. The maximum atomic E-state index is 11.2. The largest absolute Gasteiger partial charge is 1.00 e. The minimum absolute atomic E-state index is 0. The minimum Gasteiger partial charge on any atom is -1.00 e. The number of rotatable bonds is 8. The SMILES string of the molecule is CCCC[N+](C)(C)CCC1(C)Oc2c(C)c(C)c(C)c(C)c2CC1OC=O.[Cl-]. The van der Waals surface area contributed by atoms with Crippen LogP contribution in [-0.4, -0.2) is 49.8 Å². The Morgan fingerprint density at radius 1 is 1.11 bits per heavy atom. The molecular weight excluding hydrogens is 374 g/mol. The number of halogens is 1. The predicted octanol–water partition coefficient (Wildman–Crippen LogP) is 1.43. The monoisotopic (exact) mass is 411 g/mol. The number of quaternary nitrogens is 1. The minimum atomic E-state index is -0.505. The van der Waals surface area contributed by atoms with Crippen molar-refractivity contribution in [3.05, 3.63) is 27.8 Å². The van der Waals surface area contributed by atoms with Crippen LogP contribution in [0.1, 0.15) is 60.9 Å². The third kappa shape index (κ3) is 5.01. The Morgan fingerprint density at radius 2 is 1.71 bits per heavy atom. The molecule has 0 spiro atoms. The second kappa shape index (κ2) is 9.49. The molecule has 1 heterocycles. The zero-order chi connectivity index (χ0) is 20.4. The van der Waals surface area contributed by atoms with Gasteiger partial charge in [0.25, 0.3) is 6.47 Å². The van der Waals surface area contributed by atoms with Crippen LogP contribution in [0.4, 0.5) is 0 Å². The van der Waals surface area contributed by atoms with E-state index in [0.717, 1.165) is 36.2 Å². The standard InChI is InChI=1S/C23H38NO3.ClH/c1-9-10-12-24(7,8)13-11-23(6)21(26-15-25)14-20-18(4)16(2)17(3)19(5)22(20)27-23;/h15,21H,9-14H2,1-8H3;1H/q+1;/p-1. The van der Waals surface area contributed by atoms with E-state index >= 15 is 0 Å². The molecule has 0 bridgehead atoms. The highest BCUT2D eigenvalue weighted by molar-refractivity contribution is 5.56. The summed E-state index contributed by atoms with van der Waals surface area (Å²) in [5.74, 6) is 1.00. The summed E-state index contributed by atoms with van der Waals surface area (Å²) < 4.78 is 13.1. The van der Waals surface area contributed by atoms with Crippen LogP contribution in [-0.2, 0) is 16.0 Å². The van der Waals surface area contributed by atoms with Crippen LogP contribution < -0.4 is 17.1 Å². The molecule has 0 N–H and O–H groups in total. The average Bonchev–Trinajstić information content (AvgIpc) is 2.63. The first-order valence-corrected chi connectivity index (χ1v) is 10.3. The van der Waals surface area contributed by atoms with Crippen molar-refractivity contribution >= 4 is 6.47 Å². The predicted molar refractivity (Wildman–Crippen MR) is 110 cm³/mol. The van der Waals surface area contributed by atoms with E-state index in [0.29, 0.717) is 6.47 Å². The van der Waals surface area contributed by atoms with Gasteiger partial charge in [0, 0.05) is 18.4 Å². The molecule has 0 saturated carbocycles. The third-order valence-electron chi connectivity index (χ3n) is 6.71. The normalized spacial score (nSPS) is 21.4. The summed E-state index contributed by atoms with van der Waals surface area (Å²) in [6, 6.07) is 0. The van der Waals surface area contributed by atoms with Gasteiger partial charge < -0.3 is 26.4 Å². The van der Waals surface area contributed by atoms with E-state index in [-0.39, 0.29) is 18.5 Å². The lowest BCUT2D eigenvalue weighted by Gasteiger charge is -2.44. The van der Waals surface area contributed by atoms with Crippen LogP contribution in [0.5, 0.6) is 5.75 Å². The molecular formula is C23H38ClNO3. The smallest absolute Gasteiger partial charge is 0.293 e. The Balaban J connectivity index is 0.00000392. The molecule has 2 unspecified atom stereocenters. The highest BCUT2D eigenvalue weighted by Gasteiger charge is 2.45. The van der Waals surface area contributed by atoms with Crippen molar-refractivity contribution in [3.8, 4) is 5.75 Å². The van der Waals surface area contributed by atoms with Crippen LogP contribution in [0.3, 0.4) is 0 Å². The Hall–Kier alpha value is -1.26. The first-order valence-electron chi connectivity index (χ1n) is 10.3. The molecule has 1 aliphatic heterocycles. The van der Waals surface area contributed by atoms with Gasteiger partial charge in [0.2, 0.25) is 0 Å².